The Morgan fingerprint density at radius 1 is 1.05 bits per heavy atom. The second-order valence-corrected chi connectivity index (χ2v) is 7.19. The number of hydrogen-bond donors (Lipinski definition) is 1. The Labute approximate surface area is 121 Å². The smallest absolute Gasteiger partial charge is 0.229 e. The SMILES string of the molecule is CS(=O)(=O)Nc1ccccc1-c1nc2ccccc2s1. The van der Waals surface area contributed by atoms with Crippen molar-refractivity contribution in [1.82, 2.24) is 4.98 Å². The molecule has 20 heavy (non-hydrogen) atoms. The summed E-state index contributed by atoms with van der Waals surface area (Å²) in [7, 11) is -3.31. The summed E-state index contributed by atoms with van der Waals surface area (Å²) in [5.74, 6) is 0. The van der Waals surface area contributed by atoms with E-state index in [-0.39, 0.29) is 0 Å². The molecular formula is C14H12N2O2S2. The molecule has 3 rings (SSSR count). The summed E-state index contributed by atoms with van der Waals surface area (Å²) >= 11 is 1.54. The topological polar surface area (TPSA) is 59.1 Å². The van der Waals surface area contributed by atoms with E-state index in [0.29, 0.717) is 5.69 Å². The van der Waals surface area contributed by atoms with Crippen LogP contribution in [0.1, 0.15) is 0 Å². The fourth-order valence-corrected chi connectivity index (χ4v) is 3.53. The quantitative estimate of drug-likeness (QED) is 0.807. The van der Waals surface area contributed by atoms with Crippen LogP contribution in [0.5, 0.6) is 0 Å². The number of nitrogens with zero attached hydrogens (tertiary/aromatic N) is 1. The molecule has 0 aliphatic carbocycles. The number of anilines is 1. The number of rotatable bonds is 3. The van der Waals surface area contributed by atoms with Crippen molar-refractivity contribution in [1.29, 1.82) is 0 Å². The highest BCUT2D eigenvalue weighted by Gasteiger charge is 2.12. The van der Waals surface area contributed by atoms with Gasteiger partial charge in [0.15, 0.2) is 0 Å². The Kier molecular flexibility index (Phi) is 3.19. The van der Waals surface area contributed by atoms with Crippen LogP contribution in [0.2, 0.25) is 0 Å². The number of benzene rings is 2. The van der Waals surface area contributed by atoms with Gasteiger partial charge < -0.3 is 0 Å². The summed E-state index contributed by atoms with van der Waals surface area (Å²) in [6.45, 7) is 0. The first kappa shape index (κ1) is 13.1. The molecule has 0 saturated carbocycles. The van der Waals surface area contributed by atoms with E-state index in [4.69, 9.17) is 0 Å². The predicted octanol–water partition coefficient (Wildman–Crippen LogP) is 3.33. The molecule has 0 spiro atoms. The highest BCUT2D eigenvalue weighted by molar-refractivity contribution is 7.92. The molecule has 0 fully saturated rings. The van der Waals surface area contributed by atoms with Gasteiger partial charge in [0, 0.05) is 5.56 Å². The van der Waals surface area contributed by atoms with Gasteiger partial charge in [-0.25, -0.2) is 13.4 Å². The standard InChI is InChI=1S/C14H12N2O2S2/c1-20(17,18)16-11-7-3-2-6-10(11)14-15-12-8-4-5-9-13(12)19-14/h2-9,16H,1H3. The van der Waals surface area contributed by atoms with Crippen LogP contribution in [0.15, 0.2) is 48.5 Å². The first-order chi connectivity index (χ1) is 9.53. The van der Waals surface area contributed by atoms with Crippen LogP contribution in [0.25, 0.3) is 20.8 Å². The third kappa shape index (κ3) is 2.66. The van der Waals surface area contributed by atoms with Gasteiger partial charge in [-0.1, -0.05) is 24.3 Å². The average Bonchev–Trinajstić information content (AvgIpc) is 2.81. The number of para-hydroxylation sites is 2. The zero-order valence-corrected chi connectivity index (χ0v) is 12.3. The third-order valence-corrected chi connectivity index (χ3v) is 4.41. The largest absolute Gasteiger partial charge is 0.283 e. The van der Waals surface area contributed by atoms with E-state index in [2.05, 4.69) is 9.71 Å². The second-order valence-electron chi connectivity index (χ2n) is 4.41. The van der Waals surface area contributed by atoms with Crippen molar-refractivity contribution in [2.45, 2.75) is 0 Å². The van der Waals surface area contributed by atoms with E-state index in [1.165, 1.54) is 0 Å². The second kappa shape index (κ2) is 4.88. The van der Waals surface area contributed by atoms with E-state index >= 15 is 0 Å². The van der Waals surface area contributed by atoms with Crippen LogP contribution in [-0.2, 0) is 10.0 Å². The lowest BCUT2D eigenvalue weighted by atomic mass is 10.2. The molecule has 1 N–H and O–H groups in total. The van der Waals surface area contributed by atoms with Crippen molar-refractivity contribution < 1.29 is 8.42 Å². The molecule has 0 bridgehead atoms. The van der Waals surface area contributed by atoms with Crippen molar-refractivity contribution in [3.8, 4) is 10.6 Å². The normalized spacial score (nSPS) is 11.7. The fourth-order valence-electron chi connectivity index (χ4n) is 1.95. The lowest BCUT2D eigenvalue weighted by Gasteiger charge is -2.07. The number of nitrogens with one attached hydrogen (secondary N) is 1. The van der Waals surface area contributed by atoms with Crippen molar-refractivity contribution >= 4 is 37.3 Å². The summed E-state index contributed by atoms with van der Waals surface area (Å²) in [5, 5.41) is 0.804. The van der Waals surface area contributed by atoms with Gasteiger partial charge in [-0.05, 0) is 24.3 Å². The van der Waals surface area contributed by atoms with Gasteiger partial charge in [0.05, 0.1) is 22.2 Å². The van der Waals surface area contributed by atoms with E-state index in [1.54, 1.807) is 23.5 Å². The first-order valence-corrected chi connectivity index (χ1v) is 8.66. The lowest BCUT2D eigenvalue weighted by Crippen LogP contribution is -2.10. The van der Waals surface area contributed by atoms with Crippen molar-refractivity contribution in [3.63, 3.8) is 0 Å². The molecule has 2 aromatic carbocycles. The maximum absolute atomic E-state index is 11.4. The Morgan fingerprint density at radius 3 is 2.50 bits per heavy atom. The van der Waals surface area contributed by atoms with Crippen LogP contribution in [0.4, 0.5) is 5.69 Å². The molecule has 3 aromatic rings. The van der Waals surface area contributed by atoms with Gasteiger partial charge >= 0.3 is 0 Å². The van der Waals surface area contributed by atoms with Gasteiger partial charge in [0.2, 0.25) is 10.0 Å². The number of aromatic nitrogens is 1. The summed E-state index contributed by atoms with van der Waals surface area (Å²) < 4.78 is 26.5. The van der Waals surface area contributed by atoms with Gasteiger partial charge in [-0.2, -0.15) is 0 Å². The van der Waals surface area contributed by atoms with Crippen LogP contribution in [0, 0.1) is 0 Å². The molecule has 0 saturated heterocycles. The summed E-state index contributed by atoms with van der Waals surface area (Å²) in [6.07, 6.45) is 1.14. The fraction of sp³-hybridized carbons (Fsp3) is 0.0714. The Bertz CT molecular complexity index is 837. The molecule has 6 heteroatoms. The monoisotopic (exact) mass is 304 g/mol. The molecule has 4 nitrogen and oxygen atoms in total. The molecular weight excluding hydrogens is 292 g/mol. The third-order valence-electron chi connectivity index (χ3n) is 2.75. The number of hydrogen-bond acceptors (Lipinski definition) is 4. The molecule has 102 valence electrons. The van der Waals surface area contributed by atoms with E-state index in [9.17, 15) is 8.42 Å². The number of sulfonamides is 1. The van der Waals surface area contributed by atoms with Gasteiger partial charge in [-0.15, -0.1) is 11.3 Å². The Hall–Kier alpha value is -1.92. The number of fused-ring (bicyclic) bond motifs is 1. The molecule has 0 atom stereocenters. The van der Waals surface area contributed by atoms with Crippen LogP contribution >= 0.6 is 11.3 Å². The zero-order chi connectivity index (χ0) is 14.2. The van der Waals surface area contributed by atoms with Crippen molar-refractivity contribution in [3.05, 3.63) is 48.5 Å². The molecule has 0 aliphatic rings. The number of thiazole rings is 1. The zero-order valence-electron chi connectivity index (χ0n) is 10.7. The lowest BCUT2D eigenvalue weighted by molar-refractivity contribution is 0.607. The summed E-state index contributed by atoms with van der Waals surface area (Å²) in [6, 6.07) is 15.1. The molecule has 0 amide bonds. The highest BCUT2D eigenvalue weighted by Crippen LogP contribution is 2.34. The highest BCUT2D eigenvalue weighted by atomic mass is 32.2. The van der Waals surface area contributed by atoms with Crippen LogP contribution < -0.4 is 4.72 Å². The Morgan fingerprint density at radius 2 is 1.75 bits per heavy atom. The molecule has 0 radical (unpaired) electrons. The van der Waals surface area contributed by atoms with E-state index < -0.39 is 10.0 Å². The minimum Gasteiger partial charge on any atom is -0.283 e. The summed E-state index contributed by atoms with van der Waals surface area (Å²) in [4.78, 5) is 4.56. The summed E-state index contributed by atoms with van der Waals surface area (Å²) in [5.41, 5.74) is 2.26. The molecule has 0 unspecified atom stereocenters. The van der Waals surface area contributed by atoms with Crippen LogP contribution in [-0.4, -0.2) is 19.7 Å². The van der Waals surface area contributed by atoms with Gasteiger partial charge in [0.25, 0.3) is 0 Å². The van der Waals surface area contributed by atoms with Crippen molar-refractivity contribution in [2.75, 3.05) is 11.0 Å². The minimum absolute atomic E-state index is 0.550. The molecule has 1 heterocycles. The minimum atomic E-state index is -3.31. The van der Waals surface area contributed by atoms with E-state index in [1.807, 2.05) is 36.4 Å². The maximum atomic E-state index is 11.4. The van der Waals surface area contributed by atoms with Gasteiger partial charge in [-0.3, -0.25) is 4.72 Å². The average molecular weight is 304 g/mol. The van der Waals surface area contributed by atoms with Crippen molar-refractivity contribution in [2.24, 2.45) is 0 Å². The first-order valence-electron chi connectivity index (χ1n) is 5.96. The van der Waals surface area contributed by atoms with E-state index in [0.717, 1.165) is 27.0 Å². The predicted molar refractivity (Wildman–Crippen MR) is 83.5 cm³/mol. The van der Waals surface area contributed by atoms with Gasteiger partial charge in [0.1, 0.15) is 5.01 Å². The van der Waals surface area contributed by atoms with Crippen LogP contribution in [0.3, 0.4) is 0 Å². The Balaban J connectivity index is 2.14. The molecule has 1 aromatic heterocycles. The molecule has 0 aliphatic heterocycles. The maximum Gasteiger partial charge on any atom is 0.229 e.